The maximum Gasteiger partial charge on any atom is 0.201 e. The fourth-order valence-electron chi connectivity index (χ4n) is 6.65. The van der Waals surface area contributed by atoms with E-state index in [0.717, 1.165) is 24.3 Å². The summed E-state index contributed by atoms with van der Waals surface area (Å²) in [4.78, 5) is 14.0. The Morgan fingerprint density at radius 1 is 0.468 bits per heavy atom. The molecule has 47 heavy (non-hydrogen) atoms. The Labute approximate surface area is 286 Å². The first-order valence-corrected chi connectivity index (χ1v) is 20.5. The Hall–Kier alpha value is -3.22. The first kappa shape index (κ1) is 36.6. The van der Waals surface area contributed by atoms with Gasteiger partial charge in [0.05, 0.1) is 6.61 Å². The molecule has 0 radical (unpaired) electrons. The van der Waals surface area contributed by atoms with E-state index in [0.29, 0.717) is 6.16 Å². The fourth-order valence-corrected chi connectivity index (χ4v) is 10.8. The van der Waals surface area contributed by atoms with Gasteiger partial charge in [-0.15, -0.1) is 0 Å². The van der Waals surface area contributed by atoms with Crippen LogP contribution in [0.2, 0.25) is 0 Å². The van der Waals surface area contributed by atoms with Crippen molar-refractivity contribution in [3.05, 3.63) is 121 Å². The van der Waals surface area contributed by atoms with Crippen LogP contribution in [0, 0.1) is 0 Å². The molecule has 0 aliphatic heterocycles. The van der Waals surface area contributed by atoms with Crippen LogP contribution in [0.3, 0.4) is 0 Å². The molecule has 0 atom stereocenters. The standard InChI is InChI=1S/C44H58O2P/c1-2-3-4-5-6-7-8-9-10-11-12-13-14-15-16-26-37-46-40-35-33-39(34-36-40)44(45)38-47(41-27-20-17-21-28-41,42-29-22-18-23-30-42)43-31-24-19-25-32-43/h17-25,27-36H,2-16,26,37-38H2,1H3/q+1. The summed E-state index contributed by atoms with van der Waals surface area (Å²) in [5, 5.41) is 3.68. The number of benzene rings is 4. The number of ether oxygens (including phenoxy) is 1. The largest absolute Gasteiger partial charge is 0.494 e. The van der Waals surface area contributed by atoms with Crippen LogP contribution < -0.4 is 20.7 Å². The summed E-state index contributed by atoms with van der Waals surface area (Å²) in [6.07, 6.45) is 22.3. The van der Waals surface area contributed by atoms with Gasteiger partial charge in [-0.1, -0.05) is 158 Å². The van der Waals surface area contributed by atoms with Crippen LogP contribution in [0.5, 0.6) is 5.75 Å². The van der Waals surface area contributed by atoms with Crippen molar-refractivity contribution in [3.63, 3.8) is 0 Å². The SMILES string of the molecule is CCCCCCCCCCCCCCCCCCOc1ccc(C(=O)C[P+](c2ccccc2)(c2ccccc2)c2ccccc2)cc1. The van der Waals surface area contributed by atoms with Crippen molar-refractivity contribution in [2.45, 2.75) is 110 Å². The van der Waals surface area contributed by atoms with E-state index in [1.165, 1.54) is 112 Å². The Morgan fingerprint density at radius 3 is 1.21 bits per heavy atom. The van der Waals surface area contributed by atoms with Gasteiger partial charge >= 0.3 is 0 Å². The van der Waals surface area contributed by atoms with Gasteiger partial charge in [-0.3, -0.25) is 4.79 Å². The highest BCUT2D eigenvalue weighted by atomic mass is 31.2. The van der Waals surface area contributed by atoms with Crippen molar-refractivity contribution in [1.29, 1.82) is 0 Å². The summed E-state index contributed by atoms with van der Waals surface area (Å²) in [5.41, 5.74) is 0.743. The van der Waals surface area contributed by atoms with Gasteiger partial charge in [0.15, 0.2) is 0 Å². The summed E-state index contributed by atoms with van der Waals surface area (Å²) in [7, 11) is -2.22. The van der Waals surface area contributed by atoms with E-state index >= 15 is 0 Å². The number of unbranched alkanes of at least 4 members (excludes halogenated alkanes) is 15. The second kappa shape index (κ2) is 21.6. The predicted molar refractivity (Wildman–Crippen MR) is 206 cm³/mol. The van der Waals surface area contributed by atoms with Crippen molar-refractivity contribution < 1.29 is 9.53 Å². The third kappa shape index (κ3) is 12.1. The zero-order valence-corrected chi connectivity index (χ0v) is 29.9. The molecule has 0 aliphatic rings. The number of rotatable bonds is 24. The molecule has 0 fully saturated rings. The fraction of sp³-hybridized carbons (Fsp3) is 0.432. The molecule has 0 saturated carbocycles. The van der Waals surface area contributed by atoms with Crippen LogP contribution in [0.15, 0.2) is 115 Å². The Bertz CT molecular complexity index is 1270. The van der Waals surface area contributed by atoms with Crippen molar-refractivity contribution in [2.75, 3.05) is 12.8 Å². The number of hydrogen-bond donors (Lipinski definition) is 0. The lowest BCUT2D eigenvalue weighted by atomic mass is 10.0. The van der Waals surface area contributed by atoms with Crippen LogP contribution in [0.1, 0.15) is 120 Å². The topological polar surface area (TPSA) is 26.3 Å². The molecule has 4 rings (SSSR count). The van der Waals surface area contributed by atoms with E-state index in [4.69, 9.17) is 4.74 Å². The minimum Gasteiger partial charge on any atom is -0.494 e. The van der Waals surface area contributed by atoms with Crippen molar-refractivity contribution in [3.8, 4) is 5.75 Å². The molecular weight excluding hydrogens is 591 g/mol. The molecule has 0 amide bonds. The second-order valence-electron chi connectivity index (χ2n) is 13.1. The van der Waals surface area contributed by atoms with Gasteiger partial charge < -0.3 is 4.74 Å². The van der Waals surface area contributed by atoms with Crippen molar-refractivity contribution in [2.24, 2.45) is 0 Å². The lowest BCUT2D eigenvalue weighted by Crippen LogP contribution is -2.35. The highest BCUT2D eigenvalue weighted by molar-refractivity contribution is 7.96. The molecule has 0 heterocycles. The summed E-state index contributed by atoms with van der Waals surface area (Å²) in [6, 6.07) is 39.7. The summed E-state index contributed by atoms with van der Waals surface area (Å²) < 4.78 is 6.06. The molecule has 0 spiro atoms. The molecule has 250 valence electrons. The minimum absolute atomic E-state index is 0.166. The van der Waals surface area contributed by atoms with E-state index in [1.807, 2.05) is 24.3 Å². The number of carbonyl (C=O) groups is 1. The molecule has 4 aromatic rings. The van der Waals surface area contributed by atoms with Crippen LogP contribution in [-0.2, 0) is 0 Å². The lowest BCUT2D eigenvalue weighted by Gasteiger charge is -2.27. The molecule has 0 unspecified atom stereocenters. The van der Waals surface area contributed by atoms with Crippen LogP contribution in [-0.4, -0.2) is 18.6 Å². The van der Waals surface area contributed by atoms with Crippen LogP contribution in [0.4, 0.5) is 0 Å². The molecule has 3 heteroatoms. The monoisotopic (exact) mass is 649 g/mol. The zero-order chi connectivity index (χ0) is 32.8. The molecule has 0 N–H and O–H groups in total. The molecule has 2 nitrogen and oxygen atoms in total. The molecule has 0 aliphatic carbocycles. The van der Waals surface area contributed by atoms with E-state index in [-0.39, 0.29) is 5.78 Å². The quantitative estimate of drug-likeness (QED) is 0.0429. The first-order chi connectivity index (χ1) is 23.2. The third-order valence-corrected chi connectivity index (χ3v) is 13.7. The van der Waals surface area contributed by atoms with Gasteiger partial charge in [0.1, 0.15) is 35.1 Å². The van der Waals surface area contributed by atoms with E-state index in [2.05, 4.69) is 97.9 Å². The Balaban J connectivity index is 1.19. The Morgan fingerprint density at radius 2 is 0.830 bits per heavy atom. The first-order valence-electron chi connectivity index (χ1n) is 18.5. The maximum atomic E-state index is 14.0. The van der Waals surface area contributed by atoms with Gasteiger partial charge in [-0.2, -0.15) is 0 Å². The summed E-state index contributed by atoms with van der Waals surface area (Å²) in [6.45, 7) is 3.02. The summed E-state index contributed by atoms with van der Waals surface area (Å²) in [5.74, 6) is 1.01. The maximum absolute atomic E-state index is 14.0. The van der Waals surface area contributed by atoms with E-state index in [1.54, 1.807) is 0 Å². The van der Waals surface area contributed by atoms with Gasteiger partial charge in [-0.05, 0) is 67.1 Å². The molecule has 0 saturated heterocycles. The van der Waals surface area contributed by atoms with Gasteiger partial charge in [0, 0.05) is 5.56 Å². The average molecular weight is 650 g/mol. The normalized spacial score (nSPS) is 11.4. The van der Waals surface area contributed by atoms with Gasteiger partial charge in [-0.25, -0.2) is 0 Å². The van der Waals surface area contributed by atoms with Gasteiger partial charge in [0.25, 0.3) is 0 Å². The molecule has 0 bridgehead atoms. The average Bonchev–Trinajstić information content (AvgIpc) is 3.13. The Kier molecular flexibility index (Phi) is 16.8. The zero-order valence-electron chi connectivity index (χ0n) is 29.0. The highest BCUT2D eigenvalue weighted by Crippen LogP contribution is 2.55. The van der Waals surface area contributed by atoms with Crippen molar-refractivity contribution in [1.82, 2.24) is 0 Å². The number of ketones is 1. The molecular formula is C44H58O2P+. The lowest BCUT2D eigenvalue weighted by molar-refractivity contribution is 0.102. The minimum atomic E-state index is -2.22. The number of Topliss-reactive ketones (excluding diaryl/α,β-unsaturated/α-hetero) is 1. The third-order valence-electron chi connectivity index (χ3n) is 9.41. The van der Waals surface area contributed by atoms with Crippen molar-refractivity contribution >= 4 is 29.0 Å². The van der Waals surface area contributed by atoms with Crippen LogP contribution in [0.25, 0.3) is 0 Å². The van der Waals surface area contributed by atoms with E-state index in [9.17, 15) is 4.79 Å². The van der Waals surface area contributed by atoms with Gasteiger partial charge in [0.2, 0.25) is 5.78 Å². The summed E-state index contributed by atoms with van der Waals surface area (Å²) >= 11 is 0. The molecule has 4 aromatic carbocycles. The second-order valence-corrected chi connectivity index (χ2v) is 16.6. The number of carbonyl (C=O) groups excluding carboxylic acids is 1. The van der Waals surface area contributed by atoms with Crippen LogP contribution >= 0.6 is 7.26 Å². The van der Waals surface area contributed by atoms with E-state index < -0.39 is 7.26 Å². The smallest absolute Gasteiger partial charge is 0.201 e. The highest BCUT2D eigenvalue weighted by Gasteiger charge is 2.47. The number of hydrogen-bond acceptors (Lipinski definition) is 2. The molecule has 0 aromatic heterocycles. The predicted octanol–water partition coefficient (Wildman–Crippen LogP) is 11.5.